The van der Waals surface area contributed by atoms with E-state index in [0.717, 1.165) is 0 Å². The van der Waals surface area contributed by atoms with Crippen LogP contribution in [0.3, 0.4) is 0 Å². The van der Waals surface area contributed by atoms with Gasteiger partial charge in [-0.3, -0.25) is 0 Å². The molecule has 0 aliphatic carbocycles. The van der Waals surface area contributed by atoms with E-state index in [1.54, 1.807) is 0 Å². The SMILES string of the molecule is CC[N+]1(CCCCCC[N+]2(CC)CCCC2)CCCC1. The van der Waals surface area contributed by atoms with E-state index >= 15 is 0 Å². The van der Waals surface area contributed by atoms with E-state index in [0.29, 0.717) is 0 Å². The van der Waals surface area contributed by atoms with E-state index in [1.807, 2.05) is 0 Å². The van der Waals surface area contributed by atoms with Gasteiger partial charge in [-0.25, -0.2) is 0 Å². The maximum absolute atomic E-state index is 2.40. The van der Waals surface area contributed by atoms with Gasteiger partial charge in [0.1, 0.15) is 0 Å². The van der Waals surface area contributed by atoms with Gasteiger partial charge < -0.3 is 8.97 Å². The smallest absolute Gasteiger partial charge is 0.0788 e. The standard InChI is InChI=1S/C18H38N2/c1-3-19(15-9-10-16-19)13-7-5-6-8-14-20(4-2)17-11-12-18-20/h3-18H2,1-2H3/q+2. The Morgan fingerprint density at radius 1 is 0.550 bits per heavy atom. The molecule has 0 aromatic rings. The summed E-state index contributed by atoms with van der Waals surface area (Å²) < 4.78 is 2.88. The second-order valence-electron chi connectivity index (χ2n) is 7.49. The number of quaternary nitrogens is 2. The first-order valence-corrected chi connectivity index (χ1v) is 9.44. The largest absolute Gasteiger partial charge is 0.324 e. The molecule has 20 heavy (non-hydrogen) atoms. The average Bonchev–Trinajstić information content (AvgIpc) is 3.13. The summed E-state index contributed by atoms with van der Waals surface area (Å²) in [6.45, 7) is 16.3. The quantitative estimate of drug-likeness (QED) is 0.446. The van der Waals surface area contributed by atoms with Crippen LogP contribution >= 0.6 is 0 Å². The summed E-state index contributed by atoms with van der Waals surface area (Å²) in [7, 11) is 0. The maximum atomic E-state index is 2.40. The Hall–Kier alpha value is -0.0800. The molecule has 2 heterocycles. The molecule has 2 rings (SSSR count). The normalized spacial score (nSPS) is 24.3. The van der Waals surface area contributed by atoms with Gasteiger partial charge in [-0.1, -0.05) is 0 Å². The van der Waals surface area contributed by atoms with Gasteiger partial charge in [-0.2, -0.15) is 0 Å². The van der Waals surface area contributed by atoms with Gasteiger partial charge in [0.15, 0.2) is 0 Å². The number of rotatable bonds is 9. The zero-order valence-electron chi connectivity index (χ0n) is 14.2. The molecule has 0 saturated carbocycles. The van der Waals surface area contributed by atoms with Crippen LogP contribution in [-0.4, -0.2) is 61.3 Å². The van der Waals surface area contributed by atoms with Crippen LogP contribution in [0.1, 0.15) is 65.2 Å². The molecule has 2 nitrogen and oxygen atoms in total. The van der Waals surface area contributed by atoms with Crippen LogP contribution in [0.15, 0.2) is 0 Å². The molecule has 0 bridgehead atoms. The maximum Gasteiger partial charge on any atom is 0.0788 e. The second kappa shape index (κ2) is 7.79. The summed E-state index contributed by atoms with van der Waals surface area (Å²) in [6, 6.07) is 0. The predicted molar refractivity (Wildman–Crippen MR) is 87.7 cm³/mol. The zero-order chi connectivity index (χ0) is 14.3. The molecular weight excluding hydrogens is 244 g/mol. The molecule has 0 spiro atoms. The molecule has 2 aliphatic rings. The van der Waals surface area contributed by atoms with Crippen LogP contribution in [0.2, 0.25) is 0 Å². The fourth-order valence-electron chi connectivity index (χ4n) is 4.66. The Balaban J connectivity index is 1.55. The molecule has 0 amide bonds. The van der Waals surface area contributed by atoms with E-state index in [-0.39, 0.29) is 0 Å². The van der Waals surface area contributed by atoms with Crippen LogP contribution in [0.4, 0.5) is 0 Å². The Morgan fingerprint density at radius 3 is 1.20 bits per heavy atom. The summed E-state index contributed by atoms with van der Waals surface area (Å²) in [5.74, 6) is 0. The lowest BCUT2D eigenvalue weighted by atomic mass is 10.1. The summed E-state index contributed by atoms with van der Waals surface area (Å²) in [5.41, 5.74) is 0. The van der Waals surface area contributed by atoms with Crippen LogP contribution in [0, 0.1) is 0 Å². The van der Waals surface area contributed by atoms with Crippen molar-refractivity contribution in [1.29, 1.82) is 0 Å². The Morgan fingerprint density at radius 2 is 0.900 bits per heavy atom. The first-order valence-electron chi connectivity index (χ1n) is 9.44. The molecule has 2 fully saturated rings. The first kappa shape index (κ1) is 16.3. The lowest BCUT2D eigenvalue weighted by Crippen LogP contribution is -2.46. The van der Waals surface area contributed by atoms with E-state index < -0.39 is 0 Å². The molecular formula is C18H38N2+2. The van der Waals surface area contributed by atoms with Crippen LogP contribution < -0.4 is 0 Å². The summed E-state index contributed by atoms with van der Waals surface area (Å²) in [6.07, 6.45) is 11.8. The van der Waals surface area contributed by atoms with Crippen molar-refractivity contribution in [2.75, 3.05) is 52.4 Å². The summed E-state index contributed by atoms with van der Waals surface area (Å²) in [4.78, 5) is 0. The highest BCUT2D eigenvalue weighted by atomic mass is 15.4. The van der Waals surface area contributed by atoms with E-state index in [9.17, 15) is 0 Å². The van der Waals surface area contributed by atoms with Crippen LogP contribution in [-0.2, 0) is 0 Å². The van der Waals surface area contributed by atoms with Crippen molar-refractivity contribution in [1.82, 2.24) is 0 Å². The highest BCUT2D eigenvalue weighted by Crippen LogP contribution is 2.22. The average molecular weight is 283 g/mol. The molecule has 0 N–H and O–H groups in total. The first-order chi connectivity index (χ1) is 9.74. The molecule has 2 heteroatoms. The van der Waals surface area contributed by atoms with Crippen molar-refractivity contribution in [2.45, 2.75) is 65.2 Å². The third kappa shape index (κ3) is 4.21. The molecule has 2 aliphatic heterocycles. The van der Waals surface area contributed by atoms with Gasteiger partial charge in [0, 0.05) is 25.7 Å². The van der Waals surface area contributed by atoms with E-state index in [1.165, 1.54) is 113 Å². The number of likely N-dealkylation sites (tertiary alicyclic amines) is 2. The number of hydrogen-bond donors (Lipinski definition) is 0. The Labute approximate surface area is 127 Å². The van der Waals surface area contributed by atoms with Gasteiger partial charge >= 0.3 is 0 Å². The third-order valence-electron chi connectivity index (χ3n) is 6.39. The van der Waals surface area contributed by atoms with E-state index in [2.05, 4.69) is 13.8 Å². The molecule has 2 saturated heterocycles. The third-order valence-corrected chi connectivity index (χ3v) is 6.39. The minimum atomic E-state index is 1.37. The fourth-order valence-corrected chi connectivity index (χ4v) is 4.66. The van der Waals surface area contributed by atoms with Crippen LogP contribution in [0.5, 0.6) is 0 Å². The minimum Gasteiger partial charge on any atom is -0.324 e. The van der Waals surface area contributed by atoms with Gasteiger partial charge in [-0.05, 0) is 39.5 Å². The van der Waals surface area contributed by atoms with Crippen molar-refractivity contribution in [3.8, 4) is 0 Å². The monoisotopic (exact) mass is 282 g/mol. The molecule has 0 aromatic carbocycles. The van der Waals surface area contributed by atoms with Crippen molar-refractivity contribution >= 4 is 0 Å². The van der Waals surface area contributed by atoms with E-state index in [4.69, 9.17) is 0 Å². The van der Waals surface area contributed by atoms with Crippen molar-refractivity contribution in [3.05, 3.63) is 0 Å². The number of nitrogens with zero attached hydrogens (tertiary/aromatic N) is 2. The second-order valence-corrected chi connectivity index (χ2v) is 7.49. The summed E-state index contributed by atoms with van der Waals surface area (Å²) >= 11 is 0. The molecule has 0 radical (unpaired) electrons. The van der Waals surface area contributed by atoms with Gasteiger partial charge in [0.05, 0.1) is 52.4 Å². The fraction of sp³-hybridized carbons (Fsp3) is 1.00. The zero-order valence-corrected chi connectivity index (χ0v) is 14.2. The lowest BCUT2D eigenvalue weighted by Gasteiger charge is -2.34. The van der Waals surface area contributed by atoms with Crippen molar-refractivity contribution in [3.63, 3.8) is 0 Å². The predicted octanol–water partition coefficient (Wildman–Crippen LogP) is 3.81. The van der Waals surface area contributed by atoms with Crippen molar-refractivity contribution < 1.29 is 8.97 Å². The molecule has 118 valence electrons. The highest BCUT2D eigenvalue weighted by molar-refractivity contribution is 4.56. The molecule has 0 unspecified atom stereocenters. The minimum absolute atomic E-state index is 1.37. The Bertz CT molecular complexity index is 235. The molecule has 0 aromatic heterocycles. The molecule has 0 atom stereocenters. The van der Waals surface area contributed by atoms with Crippen LogP contribution in [0.25, 0.3) is 0 Å². The van der Waals surface area contributed by atoms with Gasteiger partial charge in [0.2, 0.25) is 0 Å². The topological polar surface area (TPSA) is 0 Å². The number of hydrogen-bond acceptors (Lipinski definition) is 0. The lowest BCUT2D eigenvalue weighted by molar-refractivity contribution is -0.915. The highest BCUT2D eigenvalue weighted by Gasteiger charge is 2.30. The Kier molecular flexibility index (Phi) is 6.35. The van der Waals surface area contributed by atoms with Gasteiger partial charge in [-0.15, -0.1) is 0 Å². The van der Waals surface area contributed by atoms with Crippen molar-refractivity contribution in [2.24, 2.45) is 0 Å². The van der Waals surface area contributed by atoms with Gasteiger partial charge in [0.25, 0.3) is 0 Å². The summed E-state index contributed by atoms with van der Waals surface area (Å²) in [5, 5.41) is 0. The number of unbranched alkanes of at least 4 members (excludes halogenated alkanes) is 3.